The van der Waals surface area contributed by atoms with Gasteiger partial charge in [0.15, 0.2) is 5.17 Å². The maximum Gasteiger partial charge on any atom is 0.419 e. The van der Waals surface area contributed by atoms with Gasteiger partial charge in [0.2, 0.25) is 5.04 Å². The number of nitrogens with two attached hydrogens (primary N) is 1. The molecule has 5 nitrogen and oxygen atoms in total. The van der Waals surface area contributed by atoms with Crippen molar-refractivity contribution in [2.45, 2.75) is 25.9 Å². The van der Waals surface area contributed by atoms with Crippen LogP contribution in [0.25, 0.3) is 0 Å². The van der Waals surface area contributed by atoms with Crippen molar-refractivity contribution in [2.75, 3.05) is 13.2 Å². The van der Waals surface area contributed by atoms with Crippen LogP contribution < -0.4 is 10.1 Å². The molecule has 0 aliphatic heterocycles. The Morgan fingerprint density at radius 1 is 1.27 bits per heavy atom. The standard InChI is InChI=1S/C23H23ClF3N3O2S/c1-3-5-11-30(21(31)16-7-6-8-17(24)13-16)22(29)33-20(28)15-9-10-19(32-12-4-2)18(14-15)23(25,26)27/h4,6-10,13-14,28-29H,2-3,5,11-12H2,1H3/p+1. The Kier molecular flexibility index (Phi) is 9.55. The van der Waals surface area contributed by atoms with Crippen molar-refractivity contribution >= 4 is 39.5 Å². The van der Waals surface area contributed by atoms with Gasteiger partial charge in [0, 0.05) is 28.9 Å². The van der Waals surface area contributed by atoms with Crippen LogP contribution in [0.3, 0.4) is 0 Å². The maximum atomic E-state index is 13.5. The molecule has 2 aromatic carbocycles. The molecule has 0 saturated heterocycles. The molecule has 0 heterocycles. The summed E-state index contributed by atoms with van der Waals surface area (Å²) in [5, 5.41) is 14.6. The molecule has 10 heteroatoms. The van der Waals surface area contributed by atoms with E-state index in [4.69, 9.17) is 27.2 Å². The average Bonchev–Trinajstić information content (AvgIpc) is 2.77. The number of nitrogens with zero attached hydrogens (tertiary/aromatic N) is 1. The zero-order valence-corrected chi connectivity index (χ0v) is 19.5. The predicted octanol–water partition coefficient (Wildman–Crippen LogP) is 5.04. The van der Waals surface area contributed by atoms with Crippen LogP contribution in [0.2, 0.25) is 5.02 Å². The number of thioether (sulfide) groups is 1. The van der Waals surface area contributed by atoms with Crippen LogP contribution in [0.15, 0.2) is 55.1 Å². The van der Waals surface area contributed by atoms with Crippen molar-refractivity contribution in [3.05, 3.63) is 76.8 Å². The van der Waals surface area contributed by atoms with E-state index in [1.54, 1.807) is 18.2 Å². The molecule has 0 radical (unpaired) electrons. The third-order valence-electron chi connectivity index (χ3n) is 4.43. The van der Waals surface area contributed by atoms with Crippen LogP contribution in [0, 0.1) is 5.41 Å². The normalized spacial score (nSPS) is 11.1. The summed E-state index contributed by atoms with van der Waals surface area (Å²) >= 11 is 6.68. The first-order chi connectivity index (χ1) is 15.6. The number of nitrogens with one attached hydrogen (secondary N) is 1. The van der Waals surface area contributed by atoms with E-state index >= 15 is 0 Å². The number of carbonyl (C=O) groups is 1. The Labute approximate surface area is 199 Å². The monoisotopic (exact) mass is 498 g/mol. The van der Waals surface area contributed by atoms with Crippen LogP contribution >= 0.6 is 23.4 Å². The van der Waals surface area contributed by atoms with Crippen molar-refractivity contribution in [3.8, 4) is 5.75 Å². The lowest BCUT2D eigenvalue weighted by Gasteiger charge is -2.22. The van der Waals surface area contributed by atoms with Gasteiger partial charge in [-0.25, -0.2) is 5.41 Å². The zero-order valence-electron chi connectivity index (χ0n) is 17.9. The molecule has 0 atom stereocenters. The summed E-state index contributed by atoms with van der Waals surface area (Å²) in [4.78, 5) is 14.2. The second-order valence-corrected chi connectivity index (χ2v) is 8.37. The summed E-state index contributed by atoms with van der Waals surface area (Å²) in [6, 6.07) is 9.73. The molecule has 0 saturated carbocycles. The van der Waals surface area contributed by atoms with E-state index in [0.29, 0.717) is 28.8 Å². The highest BCUT2D eigenvalue weighted by molar-refractivity contribution is 8.26. The number of carbonyl (C=O) groups excluding carboxylic acids is 1. The van der Waals surface area contributed by atoms with Crippen LogP contribution in [-0.2, 0) is 6.18 Å². The van der Waals surface area contributed by atoms with E-state index in [2.05, 4.69) is 6.58 Å². The number of alkyl halides is 3. The SMILES string of the molecule is C=CCOc1ccc(C(=[NH2+])SC(=N)N(CCCC)C(=O)c2cccc(Cl)c2)cc1C(F)(F)F. The molecule has 2 rings (SSSR count). The lowest BCUT2D eigenvalue weighted by atomic mass is 10.1. The van der Waals surface area contributed by atoms with Gasteiger partial charge in [-0.1, -0.05) is 43.7 Å². The van der Waals surface area contributed by atoms with Gasteiger partial charge < -0.3 is 4.74 Å². The van der Waals surface area contributed by atoms with E-state index in [9.17, 15) is 18.0 Å². The number of hydrogen-bond donors (Lipinski definition) is 2. The number of halogens is 4. The molecule has 176 valence electrons. The highest BCUT2D eigenvalue weighted by Gasteiger charge is 2.35. The van der Waals surface area contributed by atoms with Gasteiger partial charge in [-0.15, -0.1) is 0 Å². The summed E-state index contributed by atoms with van der Waals surface area (Å²) in [7, 11) is 0. The van der Waals surface area contributed by atoms with Gasteiger partial charge in [-0.05, 0) is 42.8 Å². The first-order valence-corrected chi connectivity index (χ1v) is 11.2. The zero-order chi connectivity index (χ0) is 24.6. The highest BCUT2D eigenvalue weighted by Crippen LogP contribution is 2.37. The van der Waals surface area contributed by atoms with E-state index < -0.39 is 17.6 Å². The minimum absolute atomic E-state index is 0.0545. The Bertz CT molecular complexity index is 1040. The van der Waals surface area contributed by atoms with Crippen molar-refractivity contribution in [1.82, 2.24) is 4.90 Å². The van der Waals surface area contributed by atoms with Crippen LogP contribution in [0.4, 0.5) is 13.2 Å². The Morgan fingerprint density at radius 2 is 2.00 bits per heavy atom. The Morgan fingerprint density at radius 3 is 2.61 bits per heavy atom. The summed E-state index contributed by atoms with van der Waals surface area (Å²) in [6.45, 7) is 5.53. The second-order valence-electron chi connectivity index (χ2n) is 6.90. The van der Waals surface area contributed by atoms with Gasteiger partial charge in [-0.3, -0.25) is 15.1 Å². The van der Waals surface area contributed by atoms with Crippen LogP contribution in [0.1, 0.15) is 41.3 Å². The third kappa shape index (κ3) is 7.36. The summed E-state index contributed by atoms with van der Waals surface area (Å²) in [5.41, 5.74) is -0.631. The largest absolute Gasteiger partial charge is 0.489 e. The molecule has 1 amide bonds. The van der Waals surface area contributed by atoms with Crippen molar-refractivity contribution < 1.29 is 28.1 Å². The molecule has 2 aromatic rings. The number of hydrogen-bond acceptors (Lipinski definition) is 4. The lowest BCUT2D eigenvalue weighted by Crippen LogP contribution is -2.42. The maximum absolute atomic E-state index is 13.5. The number of unbranched alkanes of at least 4 members (excludes halogenated alkanes) is 1. The van der Waals surface area contributed by atoms with E-state index in [0.717, 1.165) is 12.5 Å². The molecule has 0 aliphatic carbocycles. The first-order valence-electron chi connectivity index (χ1n) is 10.00. The molecule has 0 fully saturated rings. The van der Waals surface area contributed by atoms with Gasteiger partial charge >= 0.3 is 6.18 Å². The summed E-state index contributed by atoms with van der Waals surface area (Å²) < 4.78 is 45.6. The molecule has 3 N–H and O–H groups in total. The number of rotatable bonds is 8. The van der Waals surface area contributed by atoms with E-state index in [-0.39, 0.29) is 34.7 Å². The molecule has 0 bridgehead atoms. The minimum Gasteiger partial charge on any atom is -0.489 e. The number of ether oxygens (including phenoxy) is 1. The first kappa shape index (κ1) is 26.5. The van der Waals surface area contributed by atoms with Crippen molar-refractivity contribution in [1.29, 1.82) is 5.41 Å². The highest BCUT2D eigenvalue weighted by atomic mass is 35.5. The molecule has 0 spiro atoms. The summed E-state index contributed by atoms with van der Waals surface area (Å²) in [6.07, 6.45) is -1.92. The molecule has 0 aliphatic rings. The fraction of sp³-hybridized carbons (Fsp3) is 0.261. The summed E-state index contributed by atoms with van der Waals surface area (Å²) in [5.74, 6) is -0.792. The average molecular weight is 499 g/mol. The Hall–Kier alpha value is -2.78. The molecule has 33 heavy (non-hydrogen) atoms. The molecular formula is C23H24ClF3N3O2S+. The number of amides is 1. The minimum atomic E-state index is -4.67. The van der Waals surface area contributed by atoms with Crippen molar-refractivity contribution in [3.63, 3.8) is 0 Å². The third-order valence-corrected chi connectivity index (χ3v) is 5.53. The van der Waals surface area contributed by atoms with Crippen LogP contribution in [-0.4, -0.2) is 34.2 Å². The van der Waals surface area contributed by atoms with E-state index in [1.807, 2.05) is 6.92 Å². The van der Waals surface area contributed by atoms with Crippen LogP contribution in [0.5, 0.6) is 5.75 Å². The fourth-order valence-electron chi connectivity index (χ4n) is 2.79. The Balaban J connectivity index is 2.27. The topological polar surface area (TPSA) is 79.0 Å². The predicted molar refractivity (Wildman–Crippen MR) is 126 cm³/mol. The number of amidine groups is 1. The van der Waals surface area contributed by atoms with Gasteiger partial charge in [0.1, 0.15) is 12.4 Å². The van der Waals surface area contributed by atoms with Gasteiger partial charge in [0.25, 0.3) is 5.91 Å². The fourth-order valence-corrected chi connectivity index (χ4v) is 3.71. The van der Waals surface area contributed by atoms with E-state index in [1.165, 1.54) is 29.2 Å². The second kappa shape index (κ2) is 11.9. The molecule has 0 aromatic heterocycles. The smallest absolute Gasteiger partial charge is 0.419 e. The number of benzene rings is 2. The van der Waals surface area contributed by atoms with Gasteiger partial charge in [0.05, 0.1) is 11.1 Å². The lowest BCUT2D eigenvalue weighted by molar-refractivity contribution is -0.138. The van der Waals surface area contributed by atoms with Gasteiger partial charge in [-0.2, -0.15) is 13.2 Å². The van der Waals surface area contributed by atoms with Crippen molar-refractivity contribution in [2.24, 2.45) is 0 Å². The molecular weight excluding hydrogens is 475 g/mol. The molecule has 0 unspecified atom stereocenters. The quantitative estimate of drug-likeness (QED) is 0.304.